The Hall–Kier alpha value is -0.530. The molecule has 2 aliphatic heterocycles. The summed E-state index contributed by atoms with van der Waals surface area (Å²) in [5.74, 6) is 0. The van der Waals surface area contributed by atoms with E-state index < -0.39 is 85.0 Å². The van der Waals surface area contributed by atoms with Gasteiger partial charge in [0, 0.05) is 0 Å². The van der Waals surface area contributed by atoms with Crippen LogP contribution in [0.25, 0.3) is 0 Å². The summed E-state index contributed by atoms with van der Waals surface area (Å²) >= 11 is 0. The minimum absolute atomic E-state index is 0.668. The quantitative estimate of drug-likeness (QED) is 0.186. The van der Waals surface area contributed by atoms with Crippen LogP contribution in [0.1, 0.15) is 0 Å². The third-order valence-corrected chi connectivity index (χ3v) is 4.59. The fraction of sp³-hybridized carbons (Fsp3) is 1.00. The summed E-state index contributed by atoms with van der Waals surface area (Å²) in [5, 5.41) is 67.6. The molecule has 2 fully saturated rings. The van der Waals surface area contributed by atoms with E-state index in [4.69, 9.17) is 23.9 Å². The van der Waals surface area contributed by atoms with E-state index in [2.05, 4.69) is 4.18 Å². The van der Waals surface area contributed by atoms with E-state index in [1.165, 1.54) is 0 Å². The first-order valence-corrected chi connectivity index (χ1v) is 9.10. The Kier molecular flexibility index (Phi) is 7.47. The molecule has 15 heteroatoms. The largest absolute Gasteiger partial charge is 0.399 e. The van der Waals surface area contributed by atoms with Gasteiger partial charge in [-0.05, 0) is 0 Å². The van der Waals surface area contributed by atoms with Crippen molar-refractivity contribution in [2.24, 2.45) is 0 Å². The smallest absolute Gasteiger partial charge is 0.394 e. The summed E-state index contributed by atoms with van der Waals surface area (Å²) in [6.07, 6.45) is -17.2. The van der Waals surface area contributed by atoms with Crippen molar-refractivity contribution in [2.75, 3.05) is 13.2 Å². The van der Waals surface area contributed by atoms with Crippen LogP contribution in [-0.2, 0) is 28.8 Å². The van der Waals surface area contributed by atoms with Gasteiger partial charge in [0.05, 0.1) is 13.2 Å². The molecule has 27 heavy (non-hydrogen) atoms. The van der Waals surface area contributed by atoms with Crippen LogP contribution in [0.5, 0.6) is 0 Å². The van der Waals surface area contributed by atoms with E-state index in [-0.39, 0.29) is 0 Å². The summed E-state index contributed by atoms with van der Waals surface area (Å²) in [7, 11) is -5.06. The first-order chi connectivity index (χ1) is 12.5. The van der Waals surface area contributed by atoms with Gasteiger partial charge in [-0.1, -0.05) is 0 Å². The minimum Gasteiger partial charge on any atom is -0.394 e. The lowest BCUT2D eigenvalue weighted by molar-refractivity contribution is -0.323. The molecule has 10 atom stereocenters. The molecule has 2 rings (SSSR count). The Bertz CT molecular complexity index is 583. The second-order valence-corrected chi connectivity index (χ2v) is 7.12. The van der Waals surface area contributed by atoms with Gasteiger partial charge in [0.15, 0.2) is 6.29 Å². The second-order valence-electron chi connectivity index (χ2n) is 6.07. The highest BCUT2D eigenvalue weighted by atomic mass is 32.3. The Labute approximate surface area is 153 Å². The van der Waals surface area contributed by atoms with E-state index in [1.54, 1.807) is 0 Å². The maximum Gasteiger partial charge on any atom is 0.399 e. The molecule has 8 N–H and O–H groups in total. The van der Waals surface area contributed by atoms with Crippen molar-refractivity contribution in [3.63, 3.8) is 0 Å². The number of rotatable bonds is 6. The Morgan fingerprint density at radius 3 is 1.74 bits per heavy atom. The Morgan fingerprint density at radius 2 is 1.22 bits per heavy atom. The topological polar surface area (TPSA) is 233 Å². The molecule has 2 saturated heterocycles. The van der Waals surface area contributed by atoms with E-state index in [9.17, 15) is 39.1 Å². The molecule has 0 aromatic heterocycles. The van der Waals surface area contributed by atoms with Crippen molar-refractivity contribution in [1.29, 1.82) is 0 Å². The van der Waals surface area contributed by atoms with Gasteiger partial charge in [0.1, 0.15) is 48.8 Å². The first kappa shape index (κ1) is 22.8. The number of aliphatic hydroxyl groups excluding tert-OH is 7. The monoisotopic (exact) mass is 422 g/mol. The molecule has 0 spiro atoms. The van der Waals surface area contributed by atoms with Gasteiger partial charge in [0.25, 0.3) is 0 Å². The number of ether oxygens (including phenoxy) is 3. The zero-order chi connectivity index (χ0) is 20.5. The molecule has 14 nitrogen and oxygen atoms in total. The Morgan fingerprint density at radius 1 is 0.741 bits per heavy atom. The molecular formula is C12H22O14S. The van der Waals surface area contributed by atoms with E-state index >= 15 is 0 Å². The van der Waals surface area contributed by atoms with Crippen LogP contribution in [0.4, 0.5) is 0 Å². The van der Waals surface area contributed by atoms with E-state index in [0.29, 0.717) is 0 Å². The summed E-state index contributed by atoms with van der Waals surface area (Å²) < 4.78 is 49.4. The van der Waals surface area contributed by atoms with Crippen LogP contribution >= 0.6 is 0 Å². The fourth-order valence-corrected chi connectivity index (χ4v) is 3.05. The third-order valence-electron chi connectivity index (χ3n) is 4.16. The van der Waals surface area contributed by atoms with Crippen molar-refractivity contribution >= 4 is 10.4 Å². The molecule has 160 valence electrons. The first-order valence-electron chi connectivity index (χ1n) is 7.73. The molecule has 0 aliphatic carbocycles. The molecule has 0 amide bonds. The summed E-state index contributed by atoms with van der Waals surface area (Å²) in [6, 6.07) is 0. The van der Waals surface area contributed by atoms with Gasteiger partial charge in [-0.2, -0.15) is 8.42 Å². The average molecular weight is 422 g/mol. The second kappa shape index (κ2) is 8.87. The van der Waals surface area contributed by atoms with E-state index in [0.717, 1.165) is 0 Å². The predicted octanol–water partition coefficient (Wildman–Crippen LogP) is -5.57. The third kappa shape index (κ3) is 5.30. The predicted molar refractivity (Wildman–Crippen MR) is 79.0 cm³/mol. The van der Waals surface area contributed by atoms with Crippen molar-refractivity contribution < 1.29 is 67.1 Å². The van der Waals surface area contributed by atoms with Gasteiger partial charge >= 0.3 is 10.4 Å². The average Bonchev–Trinajstić information content (AvgIpc) is 2.59. The van der Waals surface area contributed by atoms with E-state index in [1.807, 2.05) is 0 Å². The number of hydrogen-bond donors (Lipinski definition) is 8. The maximum atomic E-state index is 10.8. The molecule has 0 bridgehead atoms. The van der Waals surface area contributed by atoms with Crippen LogP contribution in [-0.4, -0.2) is 123 Å². The maximum absolute atomic E-state index is 10.8. The van der Waals surface area contributed by atoms with Crippen molar-refractivity contribution in [1.82, 2.24) is 0 Å². The zero-order valence-electron chi connectivity index (χ0n) is 13.6. The van der Waals surface area contributed by atoms with Gasteiger partial charge < -0.3 is 50.0 Å². The van der Waals surface area contributed by atoms with Crippen LogP contribution in [0.2, 0.25) is 0 Å². The SMILES string of the molecule is O=S(=O)(O)O[C@@H]1O[C@H](CO[C@H]2O[C@H](CO)[C@H](O)[C@H](O)[C@H]2O)[C@@H](O)[C@H](O)[C@H]1O. The molecular weight excluding hydrogens is 400 g/mol. The van der Waals surface area contributed by atoms with Gasteiger partial charge in [-0.3, -0.25) is 4.55 Å². The fourth-order valence-electron chi connectivity index (χ4n) is 2.65. The van der Waals surface area contributed by atoms with Crippen LogP contribution < -0.4 is 0 Å². The van der Waals surface area contributed by atoms with Crippen molar-refractivity contribution in [3.8, 4) is 0 Å². The van der Waals surface area contributed by atoms with Gasteiger partial charge in [-0.25, -0.2) is 4.18 Å². The van der Waals surface area contributed by atoms with Crippen LogP contribution in [0.3, 0.4) is 0 Å². The number of aliphatic hydroxyl groups is 7. The lowest BCUT2D eigenvalue weighted by Crippen LogP contribution is -2.61. The highest BCUT2D eigenvalue weighted by Crippen LogP contribution is 2.26. The van der Waals surface area contributed by atoms with Gasteiger partial charge in [-0.15, -0.1) is 0 Å². The van der Waals surface area contributed by atoms with Crippen molar-refractivity contribution in [2.45, 2.75) is 61.4 Å². The lowest BCUT2D eigenvalue weighted by Gasteiger charge is -2.42. The molecule has 0 radical (unpaired) electrons. The molecule has 2 heterocycles. The highest BCUT2D eigenvalue weighted by Gasteiger charge is 2.48. The van der Waals surface area contributed by atoms with Crippen LogP contribution in [0, 0.1) is 0 Å². The summed E-state index contributed by atoms with van der Waals surface area (Å²) in [4.78, 5) is 0. The standard InChI is InChI=1S/C12H22O14S/c13-1-3-5(14)7(16)9(18)11(24-3)23-2-4-6(15)8(17)10(19)12(25-4)26-27(20,21)22/h3-19H,1-2H2,(H,20,21,22)/t3-,4-,5+,6-,7+,8+,9-,10-,11+,12+/m1/s1. The van der Waals surface area contributed by atoms with Crippen LogP contribution in [0.15, 0.2) is 0 Å². The molecule has 0 aromatic rings. The number of hydrogen-bond acceptors (Lipinski definition) is 13. The lowest BCUT2D eigenvalue weighted by atomic mass is 9.98. The molecule has 0 saturated carbocycles. The summed E-state index contributed by atoms with van der Waals surface area (Å²) in [5.41, 5.74) is 0. The van der Waals surface area contributed by atoms with Gasteiger partial charge in [0.2, 0.25) is 6.29 Å². The summed E-state index contributed by atoms with van der Waals surface area (Å²) in [6.45, 7) is -1.37. The molecule has 2 aliphatic rings. The Balaban J connectivity index is 2.02. The minimum atomic E-state index is -5.06. The van der Waals surface area contributed by atoms with Crippen molar-refractivity contribution in [3.05, 3.63) is 0 Å². The molecule has 0 aromatic carbocycles. The molecule has 0 unspecified atom stereocenters. The normalized spacial score (nSPS) is 46.4. The zero-order valence-corrected chi connectivity index (χ0v) is 14.4. The highest BCUT2D eigenvalue weighted by molar-refractivity contribution is 7.80.